The minimum Gasteiger partial charge on any atom is -0.383 e. The summed E-state index contributed by atoms with van der Waals surface area (Å²) in [5, 5.41) is 15.2. The van der Waals surface area contributed by atoms with E-state index in [4.69, 9.17) is 15.6 Å². The van der Waals surface area contributed by atoms with E-state index in [1.165, 1.54) is 11.9 Å². The zero-order chi connectivity index (χ0) is 22.1. The van der Waals surface area contributed by atoms with Crippen molar-refractivity contribution in [3.63, 3.8) is 0 Å². The minimum absolute atomic E-state index is 0.0667. The van der Waals surface area contributed by atoms with Crippen LogP contribution >= 0.6 is 0 Å². The maximum Gasteiger partial charge on any atom is 0.179 e. The van der Waals surface area contributed by atoms with Crippen LogP contribution in [0.4, 0.5) is 5.82 Å². The summed E-state index contributed by atoms with van der Waals surface area (Å²) in [6, 6.07) is 8.80. The van der Waals surface area contributed by atoms with E-state index in [0.717, 1.165) is 68.0 Å². The molecule has 0 radical (unpaired) electrons. The summed E-state index contributed by atoms with van der Waals surface area (Å²) in [7, 11) is 0. The maximum atomic E-state index is 9.50. The molecule has 4 heterocycles. The zero-order valence-electron chi connectivity index (χ0n) is 18.3. The number of hydrogen-bond donors (Lipinski definition) is 1. The van der Waals surface area contributed by atoms with Gasteiger partial charge in [-0.3, -0.25) is 4.90 Å². The Balaban J connectivity index is 1.47. The van der Waals surface area contributed by atoms with E-state index in [2.05, 4.69) is 52.3 Å². The van der Waals surface area contributed by atoms with Gasteiger partial charge in [0, 0.05) is 31.2 Å². The van der Waals surface area contributed by atoms with Gasteiger partial charge in [-0.15, -0.1) is 0 Å². The Morgan fingerprint density at radius 1 is 1.16 bits per heavy atom. The molecular weight excluding hydrogens is 404 g/mol. The van der Waals surface area contributed by atoms with Gasteiger partial charge in [-0.25, -0.2) is 14.6 Å². The Morgan fingerprint density at radius 3 is 2.69 bits per heavy atom. The number of nitrogens with two attached hydrogens (primary N) is 1. The number of rotatable bonds is 4. The molecule has 2 aliphatic rings. The molecule has 9 nitrogen and oxygen atoms in total. The molecule has 2 unspecified atom stereocenters. The van der Waals surface area contributed by atoms with Gasteiger partial charge in [-0.2, -0.15) is 10.4 Å². The fourth-order valence-corrected chi connectivity index (χ4v) is 4.66. The summed E-state index contributed by atoms with van der Waals surface area (Å²) in [6.07, 6.45) is 5.68. The van der Waals surface area contributed by atoms with Crippen LogP contribution in [0.25, 0.3) is 22.3 Å². The summed E-state index contributed by atoms with van der Waals surface area (Å²) >= 11 is 0. The first-order valence-electron chi connectivity index (χ1n) is 11.2. The van der Waals surface area contributed by atoms with Crippen molar-refractivity contribution in [1.82, 2.24) is 29.5 Å². The van der Waals surface area contributed by atoms with Crippen molar-refractivity contribution >= 4 is 16.9 Å². The van der Waals surface area contributed by atoms with Crippen LogP contribution in [-0.2, 0) is 11.3 Å². The highest BCUT2D eigenvalue weighted by molar-refractivity contribution is 5.98. The lowest BCUT2D eigenvalue weighted by Crippen LogP contribution is -2.39. The second-order valence-electron chi connectivity index (χ2n) is 8.67. The van der Waals surface area contributed by atoms with E-state index in [9.17, 15) is 5.26 Å². The number of benzene rings is 1. The van der Waals surface area contributed by atoms with Crippen LogP contribution in [0.1, 0.15) is 31.4 Å². The number of piperidine rings is 1. The number of ether oxygens (including phenoxy) is 1. The molecule has 3 aromatic rings. The second kappa shape index (κ2) is 8.73. The molecule has 32 heavy (non-hydrogen) atoms. The third-order valence-electron chi connectivity index (χ3n) is 6.59. The third kappa shape index (κ3) is 3.87. The molecular formula is C23H28N8O. The van der Waals surface area contributed by atoms with E-state index in [1.54, 1.807) is 0 Å². The fraction of sp³-hybridized carbons (Fsp3) is 0.478. The van der Waals surface area contributed by atoms with Crippen LogP contribution in [0, 0.1) is 11.5 Å². The standard InChI is InChI=1S/C23H28N8O/c1-16-2-7-19(13-30(16)14-24)31-23-20(22(25)26-15-27-23)21(28-31)18-5-3-17(4-6-18)12-29-8-10-32-11-9-29/h3-6,15-16,19H,2,7-13H2,1H3,(H2,25,26,27). The van der Waals surface area contributed by atoms with Gasteiger partial charge in [-0.05, 0) is 25.3 Å². The van der Waals surface area contributed by atoms with E-state index in [0.29, 0.717) is 12.4 Å². The van der Waals surface area contributed by atoms with Gasteiger partial charge in [0.25, 0.3) is 0 Å². The lowest BCUT2D eigenvalue weighted by atomic mass is 10.0. The van der Waals surface area contributed by atoms with Gasteiger partial charge in [0.05, 0.1) is 31.2 Å². The quantitative estimate of drug-likeness (QED) is 0.626. The van der Waals surface area contributed by atoms with Crippen molar-refractivity contribution in [3.8, 4) is 17.5 Å². The van der Waals surface area contributed by atoms with Gasteiger partial charge in [-0.1, -0.05) is 24.3 Å². The number of morpholine rings is 1. The van der Waals surface area contributed by atoms with Crippen LogP contribution in [0.3, 0.4) is 0 Å². The molecule has 2 N–H and O–H groups in total. The summed E-state index contributed by atoms with van der Waals surface area (Å²) in [5.41, 5.74) is 10.0. The first-order valence-corrected chi connectivity index (χ1v) is 11.2. The van der Waals surface area contributed by atoms with Crippen LogP contribution in [0.2, 0.25) is 0 Å². The molecule has 2 atom stereocenters. The smallest absolute Gasteiger partial charge is 0.179 e. The number of fused-ring (bicyclic) bond motifs is 1. The summed E-state index contributed by atoms with van der Waals surface area (Å²) in [5.74, 6) is 0.426. The highest BCUT2D eigenvalue weighted by Crippen LogP contribution is 2.34. The molecule has 2 saturated heterocycles. The van der Waals surface area contributed by atoms with Gasteiger partial charge in [0.2, 0.25) is 0 Å². The molecule has 2 fully saturated rings. The third-order valence-corrected chi connectivity index (χ3v) is 6.59. The molecule has 0 bridgehead atoms. The van der Waals surface area contributed by atoms with E-state index < -0.39 is 0 Å². The molecule has 166 valence electrons. The summed E-state index contributed by atoms with van der Waals surface area (Å²) < 4.78 is 7.39. The van der Waals surface area contributed by atoms with Crippen LogP contribution in [0.5, 0.6) is 0 Å². The second-order valence-corrected chi connectivity index (χ2v) is 8.67. The van der Waals surface area contributed by atoms with Crippen molar-refractivity contribution in [2.24, 2.45) is 0 Å². The van der Waals surface area contributed by atoms with Crippen molar-refractivity contribution in [2.75, 3.05) is 38.6 Å². The molecule has 9 heteroatoms. The topological polar surface area (TPSA) is 109 Å². The van der Waals surface area contributed by atoms with Crippen molar-refractivity contribution < 1.29 is 4.74 Å². The Bertz CT molecular complexity index is 1130. The number of nitriles is 1. The van der Waals surface area contributed by atoms with Gasteiger partial charge in [0.1, 0.15) is 17.8 Å². The average molecular weight is 433 g/mol. The molecule has 2 aliphatic heterocycles. The SMILES string of the molecule is CC1CCC(n2nc(-c3ccc(CN4CCOCC4)cc3)c3c(N)ncnc32)CN1C#N. The molecule has 0 aliphatic carbocycles. The highest BCUT2D eigenvalue weighted by Gasteiger charge is 2.29. The predicted octanol–water partition coefficient (Wildman–Crippen LogP) is 2.41. The van der Waals surface area contributed by atoms with Gasteiger partial charge < -0.3 is 15.4 Å². The van der Waals surface area contributed by atoms with Gasteiger partial charge in [0.15, 0.2) is 11.8 Å². The van der Waals surface area contributed by atoms with Crippen molar-refractivity contribution in [2.45, 2.75) is 38.4 Å². The molecule has 0 amide bonds. The van der Waals surface area contributed by atoms with E-state index >= 15 is 0 Å². The number of aromatic nitrogens is 4. The molecule has 2 aromatic heterocycles. The van der Waals surface area contributed by atoms with Crippen LogP contribution < -0.4 is 5.73 Å². The average Bonchev–Trinajstić information content (AvgIpc) is 3.22. The predicted molar refractivity (Wildman–Crippen MR) is 121 cm³/mol. The monoisotopic (exact) mass is 432 g/mol. The first-order chi connectivity index (χ1) is 15.6. The largest absolute Gasteiger partial charge is 0.383 e. The van der Waals surface area contributed by atoms with Gasteiger partial charge >= 0.3 is 0 Å². The lowest BCUT2D eigenvalue weighted by molar-refractivity contribution is 0.0342. The van der Waals surface area contributed by atoms with Crippen molar-refractivity contribution in [1.29, 1.82) is 5.26 Å². The maximum absolute atomic E-state index is 9.50. The van der Waals surface area contributed by atoms with Crippen LogP contribution in [-0.4, -0.2) is 68.4 Å². The fourth-order valence-electron chi connectivity index (χ4n) is 4.66. The summed E-state index contributed by atoms with van der Waals surface area (Å²) in [6.45, 7) is 7.14. The highest BCUT2D eigenvalue weighted by atomic mass is 16.5. The molecule has 5 rings (SSSR count). The summed E-state index contributed by atoms with van der Waals surface area (Å²) in [4.78, 5) is 13.0. The van der Waals surface area contributed by atoms with E-state index in [-0.39, 0.29) is 12.1 Å². The number of anilines is 1. The number of likely N-dealkylation sites (tertiary alicyclic amines) is 1. The number of nitrogens with zero attached hydrogens (tertiary/aromatic N) is 7. The van der Waals surface area contributed by atoms with E-state index in [1.807, 2.05) is 9.58 Å². The Labute approximate surface area is 187 Å². The normalized spacial score (nSPS) is 22.2. The molecule has 1 aromatic carbocycles. The first kappa shape index (κ1) is 20.7. The molecule has 0 saturated carbocycles. The number of nitrogen functional groups attached to an aromatic ring is 1. The minimum atomic E-state index is 0.0667. The lowest BCUT2D eigenvalue weighted by Gasteiger charge is -2.34. The number of hydrogen-bond acceptors (Lipinski definition) is 8. The Hall–Kier alpha value is -3.22. The van der Waals surface area contributed by atoms with Crippen LogP contribution in [0.15, 0.2) is 30.6 Å². The molecule has 0 spiro atoms. The Morgan fingerprint density at radius 2 is 1.94 bits per heavy atom. The van der Waals surface area contributed by atoms with Crippen molar-refractivity contribution in [3.05, 3.63) is 36.2 Å². The zero-order valence-corrected chi connectivity index (χ0v) is 18.3. The Kier molecular flexibility index (Phi) is 5.64.